The molecular formula is C16H23N3O. The molecule has 0 spiro atoms. The number of carbonyl (C=O) groups is 1. The second-order valence-corrected chi connectivity index (χ2v) is 5.17. The molecule has 0 unspecified atom stereocenters. The van der Waals surface area contributed by atoms with Crippen LogP contribution in [0.4, 0.5) is 0 Å². The van der Waals surface area contributed by atoms with E-state index in [0.29, 0.717) is 11.6 Å². The third kappa shape index (κ3) is 6.83. The summed E-state index contributed by atoms with van der Waals surface area (Å²) in [5.74, 6) is 0.278. The normalized spacial score (nSPS) is 12.2. The van der Waals surface area contributed by atoms with Crippen molar-refractivity contribution in [2.75, 3.05) is 0 Å². The van der Waals surface area contributed by atoms with E-state index in [1.165, 1.54) is 5.57 Å². The third-order valence-corrected chi connectivity index (χ3v) is 2.87. The Labute approximate surface area is 121 Å². The predicted molar refractivity (Wildman–Crippen MR) is 82.6 cm³/mol. The number of carbonyl (C=O) groups excluding carboxylic acids is 1. The summed E-state index contributed by atoms with van der Waals surface area (Å²) in [6.45, 7) is 6.41. The van der Waals surface area contributed by atoms with Crippen LogP contribution in [0.1, 0.15) is 50.5 Å². The number of hydrazone groups is 1. The minimum absolute atomic E-state index is 0.279. The molecule has 0 saturated carbocycles. The Hall–Kier alpha value is -1.97. The summed E-state index contributed by atoms with van der Waals surface area (Å²) >= 11 is 0. The van der Waals surface area contributed by atoms with Gasteiger partial charge < -0.3 is 0 Å². The standard InChI is InChI=1S/C16H23N3O/c1-13(2)7-6-8-14(3)10-12-18-19-16(20)15-9-4-5-11-17-15/h4-5,7,9,11-12,14H,6,8,10H2,1-3H3,(H,19,20)/b18-12+/t14-/m1/s1. The topological polar surface area (TPSA) is 54.4 Å². The zero-order valence-corrected chi connectivity index (χ0v) is 12.5. The van der Waals surface area contributed by atoms with Crippen LogP contribution >= 0.6 is 0 Å². The van der Waals surface area contributed by atoms with E-state index in [9.17, 15) is 4.79 Å². The van der Waals surface area contributed by atoms with Gasteiger partial charge in [-0.05, 0) is 51.2 Å². The van der Waals surface area contributed by atoms with Crippen molar-refractivity contribution in [1.82, 2.24) is 10.4 Å². The van der Waals surface area contributed by atoms with Gasteiger partial charge in [0.05, 0.1) is 0 Å². The summed E-state index contributed by atoms with van der Waals surface area (Å²) in [6, 6.07) is 5.21. The minimum Gasteiger partial charge on any atom is -0.266 e. The number of rotatable bonds is 7. The lowest BCUT2D eigenvalue weighted by atomic mass is 10.0. The van der Waals surface area contributed by atoms with Crippen LogP contribution in [0, 0.1) is 5.92 Å². The van der Waals surface area contributed by atoms with Gasteiger partial charge in [0.25, 0.3) is 5.91 Å². The maximum Gasteiger partial charge on any atom is 0.289 e. The molecule has 1 atom stereocenters. The van der Waals surface area contributed by atoms with Crippen molar-refractivity contribution in [1.29, 1.82) is 0 Å². The Morgan fingerprint density at radius 3 is 2.90 bits per heavy atom. The lowest BCUT2D eigenvalue weighted by Gasteiger charge is -2.05. The summed E-state index contributed by atoms with van der Waals surface area (Å²) in [6.07, 6.45) is 8.68. The molecule has 0 bridgehead atoms. The first kappa shape index (κ1) is 16.1. The first-order chi connectivity index (χ1) is 9.59. The van der Waals surface area contributed by atoms with E-state index in [1.54, 1.807) is 30.6 Å². The van der Waals surface area contributed by atoms with Gasteiger partial charge in [-0.2, -0.15) is 5.10 Å². The van der Waals surface area contributed by atoms with E-state index in [4.69, 9.17) is 0 Å². The highest BCUT2D eigenvalue weighted by molar-refractivity contribution is 5.92. The molecule has 20 heavy (non-hydrogen) atoms. The van der Waals surface area contributed by atoms with Gasteiger partial charge in [0, 0.05) is 12.4 Å². The van der Waals surface area contributed by atoms with Crippen molar-refractivity contribution < 1.29 is 4.79 Å². The van der Waals surface area contributed by atoms with Crippen LogP contribution < -0.4 is 5.43 Å². The van der Waals surface area contributed by atoms with Crippen molar-refractivity contribution >= 4 is 12.1 Å². The average Bonchev–Trinajstić information content (AvgIpc) is 2.44. The largest absolute Gasteiger partial charge is 0.289 e. The van der Waals surface area contributed by atoms with Gasteiger partial charge in [-0.25, -0.2) is 5.43 Å². The van der Waals surface area contributed by atoms with Crippen molar-refractivity contribution in [3.63, 3.8) is 0 Å². The fourth-order valence-electron chi connectivity index (χ4n) is 1.67. The first-order valence-electron chi connectivity index (χ1n) is 6.96. The summed E-state index contributed by atoms with van der Waals surface area (Å²) < 4.78 is 0. The molecule has 1 aromatic heterocycles. The van der Waals surface area contributed by atoms with Gasteiger partial charge in [0.1, 0.15) is 5.69 Å². The number of hydrogen-bond acceptors (Lipinski definition) is 3. The zero-order valence-electron chi connectivity index (χ0n) is 12.5. The molecular weight excluding hydrogens is 250 g/mol. The molecule has 0 aliphatic carbocycles. The van der Waals surface area contributed by atoms with Crippen molar-refractivity contribution in [3.05, 3.63) is 41.7 Å². The second kappa shape index (κ2) is 9.02. The Morgan fingerprint density at radius 1 is 1.45 bits per heavy atom. The second-order valence-electron chi connectivity index (χ2n) is 5.17. The molecule has 1 amide bonds. The fourth-order valence-corrected chi connectivity index (χ4v) is 1.67. The summed E-state index contributed by atoms with van der Waals surface area (Å²) in [4.78, 5) is 15.6. The maximum atomic E-state index is 11.6. The van der Waals surface area contributed by atoms with Gasteiger partial charge in [0.2, 0.25) is 0 Å². The lowest BCUT2D eigenvalue weighted by Crippen LogP contribution is -2.18. The van der Waals surface area contributed by atoms with Crippen molar-refractivity contribution in [2.24, 2.45) is 11.0 Å². The molecule has 1 rings (SSSR count). The van der Waals surface area contributed by atoms with E-state index in [1.807, 2.05) is 0 Å². The molecule has 0 fully saturated rings. The van der Waals surface area contributed by atoms with Gasteiger partial charge in [-0.15, -0.1) is 0 Å². The van der Waals surface area contributed by atoms with Crippen molar-refractivity contribution in [2.45, 2.75) is 40.0 Å². The van der Waals surface area contributed by atoms with E-state index in [-0.39, 0.29) is 5.91 Å². The molecule has 1 aromatic rings. The molecule has 0 aromatic carbocycles. The van der Waals surface area contributed by atoms with Gasteiger partial charge in [0.15, 0.2) is 0 Å². The van der Waals surface area contributed by atoms with Crippen molar-refractivity contribution in [3.8, 4) is 0 Å². The van der Waals surface area contributed by atoms with Crippen LogP contribution in [0.2, 0.25) is 0 Å². The molecule has 0 radical (unpaired) electrons. The molecule has 1 heterocycles. The third-order valence-electron chi connectivity index (χ3n) is 2.87. The summed E-state index contributed by atoms with van der Waals surface area (Å²) in [5, 5.41) is 3.95. The number of nitrogens with zero attached hydrogens (tertiary/aromatic N) is 2. The summed E-state index contributed by atoms with van der Waals surface area (Å²) in [7, 11) is 0. The van der Waals surface area contributed by atoms with Crippen LogP contribution in [0.25, 0.3) is 0 Å². The molecule has 108 valence electrons. The van der Waals surface area contributed by atoms with E-state index < -0.39 is 0 Å². The maximum absolute atomic E-state index is 11.6. The number of amides is 1. The Kier molecular flexibility index (Phi) is 7.25. The van der Waals surface area contributed by atoms with E-state index in [0.717, 1.165) is 19.3 Å². The molecule has 0 saturated heterocycles. The highest BCUT2D eigenvalue weighted by Crippen LogP contribution is 2.10. The van der Waals surface area contributed by atoms with Crippen LogP contribution in [0.15, 0.2) is 41.1 Å². The number of allylic oxidation sites excluding steroid dienone is 2. The predicted octanol–water partition coefficient (Wildman–Crippen LogP) is 3.57. The van der Waals surface area contributed by atoms with Gasteiger partial charge in [-0.3, -0.25) is 9.78 Å². The Balaban J connectivity index is 2.25. The van der Waals surface area contributed by atoms with Crippen LogP contribution in [-0.2, 0) is 0 Å². The lowest BCUT2D eigenvalue weighted by molar-refractivity contribution is 0.0950. The van der Waals surface area contributed by atoms with Crippen LogP contribution in [-0.4, -0.2) is 17.1 Å². The van der Waals surface area contributed by atoms with Gasteiger partial charge >= 0.3 is 0 Å². The minimum atomic E-state index is -0.279. The molecule has 1 N–H and O–H groups in total. The zero-order chi connectivity index (χ0) is 14.8. The van der Waals surface area contributed by atoms with E-state index >= 15 is 0 Å². The van der Waals surface area contributed by atoms with E-state index in [2.05, 4.69) is 42.4 Å². The quantitative estimate of drug-likeness (QED) is 0.469. The fraction of sp³-hybridized carbons (Fsp3) is 0.438. The Morgan fingerprint density at radius 2 is 2.25 bits per heavy atom. The van der Waals surface area contributed by atoms with Gasteiger partial charge in [-0.1, -0.05) is 24.6 Å². The highest BCUT2D eigenvalue weighted by Gasteiger charge is 2.03. The highest BCUT2D eigenvalue weighted by atomic mass is 16.2. The smallest absolute Gasteiger partial charge is 0.266 e. The molecule has 0 aliphatic rings. The average molecular weight is 273 g/mol. The number of aromatic nitrogens is 1. The molecule has 4 heteroatoms. The number of pyridine rings is 1. The molecule has 0 aliphatic heterocycles. The van der Waals surface area contributed by atoms with Crippen LogP contribution in [0.5, 0.6) is 0 Å². The monoisotopic (exact) mass is 273 g/mol. The molecule has 4 nitrogen and oxygen atoms in total. The SMILES string of the molecule is CC(C)=CCC[C@@H](C)C/C=N/NC(=O)c1ccccn1. The number of hydrogen-bond donors (Lipinski definition) is 1. The summed E-state index contributed by atoms with van der Waals surface area (Å²) in [5.41, 5.74) is 4.22. The van der Waals surface area contributed by atoms with Crippen LogP contribution in [0.3, 0.4) is 0 Å². The first-order valence-corrected chi connectivity index (χ1v) is 6.96. The Bertz CT molecular complexity index is 462. The number of nitrogens with one attached hydrogen (secondary N) is 1.